The van der Waals surface area contributed by atoms with Crippen LogP contribution in [-0.4, -0.2) is 46.3 Å². The Bertz CT molecular complexity index is 609. The summed E-state index contributed by atoms with van der Waals surface area (Å²) in [5, 5.41) is 0.300. The lowest BCUT2D eigenvalue weighted by Gasteiger charge is -2.11. The Morgan fingerprint density at radius 3 is 2.35 bits per heavy atom. The van der Waals surface area contributed by atoms with E-state index >= 15 is 0 Å². The average molecular weight is 343 g/mol. The van der Waals surface area contributed by atoms with Crippen LogP contribution in [0.2, 0.25) is 5.02 Å². The highest BCUT2D eigenvalue weighted by Crippen LogP contribution is 2.36. The van der Waals surface area contributed by atoms with E-state index in [1.54, 1.807) is 12.1 Å². The summed E-state index contributed by atoms with van der Waals surface area (Å²) in [5.41, 5.74) is 0.422. The number of carbonyl (C=O) groups excluding carboxylic acids is 2. The van der Waals surface area contributed by atoms with E-state index in [-0.39, 0.29) is 18.8 Å². The molecule has 0 saturated carbocycles. The first-order valence-electron chi connectivity index (χ1n) is 6.74. The number of methoxy groups -OCH3 is 3. The van der Waals surface area contributed by atoms with Gasteiger partial charge in [0.2, 0.25) is 0 Å². The van der Waals surface area contributed by atoms with Gasteiger partial charge < -0.3 is 18.9 Å². The monoisotopic (exact) mass is 342 g/mol. The van der Waals surface area contributed by atoms with Crippen LogP contribution < -0.4 is 9.47 Å². The molecule has 0 saturated heterocycles. The second-order valence-electron chi connectivity index (χ2n) is 4.48. The number of esters is 1. The molecule has 0 spiro atoms. The summed E-state index contributed by atoms with van der Waals surface area (Å²) in [6, 6.07) is 3.17. The van der Waals surface area contributed by atoms with Gasteiger partial charge in [0.1, 0.15) is 12.2 Å². The molecule has 6 nitrogen and oxygen atoms in total. The molecule has 0 N–H and O–H groups in total. The Morgan fingerprint density at radius 1 is 1.13 bits per heavy atom. The van der Waals surface area contributed by atoms with Gasteiger partial charge in [-0.25, -0.2) is 4.79 Å². The molecule has 1 aromatic carbocycles. The number of ether oxygens (including phenoxy) is 4. The fraction of sp³-hybridized carbons (Fsp3) is 0.375. The zero-order valence-electron chi connectivity index (χ0n) is 13.5. The van der Waals surface area contributed by atoms with Gasteiger partial charge in [-0.3, -0.25) is 4.79 Å². The normalized spacial score (nSPS) is 11.1. The fourth-order valence-electron chi connectivity index (χ4n) is 1.79. The number of halogens is 1. The number of benzene rings is 1. The molecule has 1 aromatic rings. The third-order valence-corrected chi connectivity index (χ3v) is 3.17. The first kappa shape index (κ1) is 19.0. The van der Waals surface area contributed by atoms with Crippen LogP contribution in [0.4, 0.5) is 0 Å². The van der Waals surface area contributed by atoms with Gasteiger partial charge in [0.05, 0.1) is 25.8 Å². The molecule has 126 valence electrons. The van der Waals surface area contributed by atoms with Crippen molar-refractivity contribution in [3.8, 4) is 11.5 Å². The summed E-state index contributed by atoms with van der Waals surface area (Å²) < 4.78 is 20.1. The number of rotatable bonds is 8. The SMILES string of the molecule is COCCOC(=O)/C(=C/c1cc(Cl)c(OC)c(OC)c1)C(C)=O. The van der Waals surface area contributed by atoms with Crippen LogP contribution in [0, 0.1) is 0 Å². The van der Waals surface area contributed by atoms with Crippen molar-refractivity contribution in [2.75, 3.05) is 34.5 Å². The van der Waals surface area contributed by atoms with Crippen molar-refractivity contribution in [1.29, 1.82) is 0 Å². The molecular weight excluding hydrogens is 324 g/mol. The number of ketones is 1. The number of hydrogen-bond donors (Lipinski definition) is 0. The van der Waals surface area contributed by atoms with Crippen LogP contribution in [0.5, 0.6) is 11.5 Å². The minimum absolute atomic E-state index is 0.0621. The van der Waals surface area contributed by atoms with E-state index in [1.165, 1.54) is 34.3 Å². The predicted molar refractivity (Wildman–Crippen MR) is 86.0 cm³/mol. The molecule has 23 heavy (non-hydrogen) atoms. The lowest BCUT2D eigenvalue weighted by atomic mass is 10.1. The Hall–Kier alpha value is -2.05. The third kappa shape index (κ3) is 5.26. The van der Waals surface area contributed by atoms with Gasteiger partial charge in [0, 0.05) is 7.11 Å². The Kier molecular flexibility index (Phi) is 7.57. The van der Waals surface area contributed by atoms with Crippen LogP contribution in [0.1, 0.15) is 12.5 Å². The third-order valence-electron chi connectivity index (χ3n) is 2.89. The van der Waals surface area contributed by atoms with Crippen LogP contribution in [0.3, 0.4) is 0 Å². The summed E-state index contributed by atoms with van der Waals surface area (Å²) in [7, 11) is 4.42. The van der Waals surface area contributed by atoms with E-state index in [9.17, 15) is 9.59 Å². The maximum Gasteiger partial charge on any atom is 0.341 e. The summed E-state index contributed by atoms with van der Waals surface area (Å²) in [6.45, 7) is 1.59. The van der Waals surface area contributed by atoms with Crippen molar-refractivity contribution in [2.24, 2.45) is 0 Å². The van der Waals surface area contributed by atoms with E-state index in [4.69, 9.17) is 30.5 Å². The number of hydrogen-bond acceptors (Lipinski definition) is 6. The molecule has 1 rings (SSSR count). The Labute approximate surface area is 139 Å². The molecule has 0 aliphatic carbocycles. The van der Waals surface area contributed by atoms with Crippen LogP contribution >= 0.6 is 11.6 Å². The van der Waals surface area contributed by atoms with Crippen molar-refractivity contribution in [2.45, 2.75) is 6.92 Å². The van der Waals surface area contributed by atoms with Gasteiger partial charge in [0.25, 0.3) is 0 Å². The topological polar surface area (TPSA) is 71.1 Å². The highest BCUT2D eigenvalue weighted by Gasteiger charge is 2.17. The predicted octanol–water partition coefficient (Wildman–Crippen LogP) is 2.52. The van der Waals surface area contributed by atoms with E-state index in [0.717, 1.165) is 0 Å². The van der Waals surface area contributed by atoms with E-state index in [2.05, 4.69) is 0 Å². The molecule has 0 atom stereocenters. The highest BCUT2D eigenvalue weighted by atomic mass is 35.5. The molecule has 0 fully saturated rings. The van der Waals surface area contributed by atoms with Crippen LogP contribution in [-0.2, 0) is 19.1 Å². The maximum absolute atomic E-state index is 12.0. The molecule has 0 radical (unpaired) electrons. The minimum atomic E-state index is -0.722. The second kappa shape index (κ2) is 9.17. The van der Waals surface area contributed by atoms with Crippen molar-refractivity contribution >= 4 is 29.4 Å². The summed E-state index contributed by atoms with van der Waals surface area (Å²) in [5.74, 6) is -0.376. The number of Topliss-reactive ketones (excluding diaryl/α,β-unsaturated/α-hetero) is 1. The minimum Gasteiger partial charge on any atom is -0.493 e. The van der Waals surface area contributed by atoms with Gasteiger partial charge in [-0.2, -0.15) is 0 Å². The van der Waals surface area contributed by atoms with Gasteiger partial charge >= 0.3 is 5.97 Å². The quantitative estimate of drug-likeness (QED) is 0.238. The Morgan fingerprint density at radius 2 is 1.83 bits per heavy atom. The summed E-state index contributed by atoms with van der Waals surface area (Å²) >= 11 is 6.11. The van der Waals surface area contributed by atoms with Gasteiger partial charge in [-0.15, -0.1) is 0 Å². The van der Waals surface area contributed by atoms with Crippen molar-refractivity contribution < 1.29 is 28.5 Å². The van der Waals surface area contributed by atoms with E-state index in [0.29, 0.717) is 22.1 Å². The average Bonchev–Trinajstić information content (AvgIpc) is 2.51. The molecule has 0 bridgehead atoms. The van der Waals surface area contributed by atoms with Gasteiger partial charge in [0.15, 0.2) is 17.3 Å². The highest BCUT2D eigenvalue weighted by molar-refractivity contribution is 6.32. The fourth-order valence-corrected chi connectivity index (χ4v) is 2.08. The molecule has 0 amide bonds. The van der Waals surface area contributed by atoms with Crippen molar-refractivity contribution in [3.05, 3.63) is 28.3 Å². The largest absolute Gasteiger partial charge is 0.493 e. The maximum atomic E-state index is 12.0. The summed E-state index contributed by atoms with van der Waals surface area (Å²) in [6.07, 6.45) is 1.39. The number of carbonyl (C=O) groups is 2. The van der Waals surface area contributed by atoms with Gasteiger partial charge in [-0.05, 0) is 30.7 Å². The zero-order valence-corrected chi connectivity index (χ0v) is 14.2. The second-order valence-corrected chi connectivity index (χ2v) is 4.89. The first-order valence-corrected chi connectivity index (χ1v) is 7.12. The molecule has 0 aromatic heterocycles. The van der Waals surface area contributed by atoms with E-state index in [1.807, 2.05) is 0 Å². The lowest BCUT2D eigenvalue weighted by molar-refractivity contribution is -0.141. The standard InChI is InChI=1S/C16H19ClO6/c1-10(18)12(16(19)23-6-5-20-2)7-11-8-13(17)15(22-4)14(9-11)21-3/h7-9H,5-6H2,1-4H3/b12-7+. The zero-order chi connectivity index (χ0) is 17.4. The molecule has 7 heteroatoms. The molecular formula is C16H19ClO6. The van der Waals surface area contributed by atoms with Crippen LogP contribution in [0.15, 0.2) is 17.7 Å². The molecule has 0 heterocycles. The van der Waals surface area contributed by atoms with Crippen molar-refractivity contribution in [1.82, 2.24) is 0 Å². The molecule has 0 unspecified atom stereocenters. The smallest absolute Gasteiger partial charge is 0.341 e. The Balaban J connectivity index is 3.15. The van der Waals surface area contributed by atoms with Crippen LogP contribution in [0.25, 0.3) is 6.08 Å². The van der Waals surface area contributed by atoms with Crippen molar-refractivity contribution in [3.63, 3.8) is 0 Å². The summed E-state index contributed by atoms with van der Waals surface area (Å²) in [4.78, 5) is 23.7. The molecule has 0 aliphatic rings. The lowest BCUT2D eigenvalue weighted by Crippen LogP contribution is -2.16. The molecule has 0 aliphatic heterocycles. The first-order chi connectivity index (χ1) is 10.9. The van der Waals surface area contributed by atoms with E-state index < -0.39 is 11.8 Å². The van der Waals surface area contributed by atoms with Gasteiger partial charge in [-0.1, -0.05) is 11.6 Å².